The molecule has 6 nitrogen and oxygen atoms in total. The standard InChI is InChI=1S/C23H23N3O3S/c1-4-16-5-7-18(8-6-16)28-12-21-25-26-23(29-21)30-13-17-11-20(27)24-22-15(3)9-14(2)10-19(17)22/h5-11H,4,12-13H2,1-3H3,(H,24,27). The van der Waals surface area contributed by atoms with Gasteiger partial charge < -0.3 is 14.1 Å². The molecule has 0 aliphatic heterocycles. The minimum absolute atomic E-state index is 0.112. The van der Waals surface area contributed by atoms with Crippen molar-refractivity contribution in [1.82, 2.24) is 15.2 Å². The van der Waals surface area contributed by atoms with Crippen molar-refractivity contribution < 1.29 is 9.15 Å². The summed E-state index contributed by atoms with van der Waals surface area (Å²) in [6, 6.07) is 13.7. The number of pyridine rings is 1. The minimum Gasteiger partial charge on any atom is -0.484 e. The number of H-pyrrole nitrogens is 1. The van der Waals surface area contributed by atoms with E-state index in [1.54, 1.807) is 6.07 Å². The monoisotopic (exact) mass is 421 g/mol. The van der Waals surface area contributed by atoms with Crippen molar-refractivity contribution in [1.29, 1.82) is 0 Å². The van der Waals surface area contributed by atoms with E-state index in [-0.39, 0.29) is 12.2 Å². The molecule has 154 valence electrons. The third kappa shape index (κ3) is 4.57. The number of rotatable bonds is 7. The molecule has 30 heavy (non-hydrogen) atoms. The van der Waals surface area contributed by atoms with Crippen molar-refractivity contribution in [2.45, 2.75) is 44.8 Å². The van der Waals surface area contributed by atoms with Gasteiger partial charge in [-0.2, -0.15) is 0 Å². The SMILES string of the molecule is CCc1ccc(OCc2nnc(SCc3cc(=O)[nH]c4c(C)cc(C)cc34)o2)cc1. The number of aryl methyl sites for hydroxylation is 3. The lowest BCUT2D eigenvalue weighted by Crippen LogP contribution is -2.07. The molecule has 4 rings (SSSR count). The van der Waals surface area contributed by atoms with E-state index in [2.05, 4.69) is 41.2 Å². The first-order valence-electron chi connectivity index (χ1n) is 9.82. The van der Waals surface area contributed by atoms with Crippen LogP contribution in [0.4, 0.5) is 0 Å². The third-order valence-electron chi connectivity index (χ3n) is 4.87. The number of hydrogen-bond donors (Lipinski definition) is 1. The van der Waals surface area contributed by atoms with Crippen LogP contribution in [0.2, 0.25) is 0 Å². The predicted octanol–water partition coefficient (Wildman–Crippen LogP) is 4.96. The van der Waals surface area contributed by atoms with Gasteiger partial charge in [0.15, 0.2) is 6.61 Å². The number of thioether (sulfide) groups is 1. The second-order valence-corrected chi connectivity index (χ2v) is 8.13. The van der Waals surface area contributed by atoms with Crippen LogP contribution in [-0.4, -0.2) is 15.2 Å². The van der Waals surface area contributed by atoms with E-state index >= 15 is 0 Å². The van der Waals surface area contributed by atoms with E-state index in [0.717, 1.165) is 39.8 Å². The number of nitrogens with zero attached hydrogens (tertiary/aromatic N) is 2. The van der Waals surface area contributed by atoms with Crippen molar-refractivity contribution in [3.63, 3.8) is 0 Å². The van der Waals surface area contributed by atoms with Crippen molar-refractivity contribution in [2.24, 2.45) is 0 Å². The number of fused-ring (bicyclic) bond motifs is 1. The van der Waals surface area contributed by atoms with Gasteiger partial charge in [0.2, 0.25) is 5.56 Å². The van der Waals surface area contributed by atoms with Gasteiger partial charge in [-0.3, -0.25) is 4.79 Å². The molecule has 4 aromatic rings. The molecule has 0 unspecified atom stereocenters. The third-order valence-corrected chi connectivity index (χ3v) is 5.74. The Balaban J connectivity index is 1.44. The fourth-order valence-electron chi connectivity index (χ4n) is 3.36. The summed E-state index contributed by atoms with van der Waals surface area (Å²) in [5, 5.41) is 9.64. The van der Waals surface area contributed by atoms with Gasteiger partial charge in [0.25, 0.3) is 11.1 Å². The maximum Gasteiger partial charge on any atom is 0.277 e. The number of aromatic amines is 1. The van der Waals surface area contributed by atoms with Gasteiger partial charge in [-0.15, -0.1) is 10.2 Å². The van der Waals surface area contributed by atoms with E-state index < -0.39 is 0 Å². The van der Waals surface area contributed by atoms with Crippen LogP contribution in [0.25, 0.3) is 10.9 Å². The summed E-state index contributed by atoms with van der Waals surface area (Å²) in [5.74, 6) is 1.74. The Kier molecular flexibility index (Phi) is 5.90. The smallest absolute Gasteiger partial charge is 0.277 e. The molecule has 2 heterocycles. The lowest BCUT2D eigenvalue weighted by Gasteiger charge is -2.08. The Morgan fingerprint density at radius 3 is 2.67 bits per heavy atom. The van der Waals surface area contributed by atoms with E-state index in [9.17, 15) is 4.79 Å². The maximum absolute atomic E-state index is 12.1. The summed E-state index contributed by atoms with van der Waals surface area (Å²) >= 11 is 1.41. The van der Waals surface area contributed by atoms with Crippen LogP contribution < -0.4 is 10.3 Å². The minimum atomic E-state index is -0.112. The van der Waals surface area contributed by atoms with Crippen LogP contribution in [-0.2, 0) is 18.8 Å². The van der Waals surface area contributed by atoms with Gasteiger partial charge in [0, 0.05) is 17.2 Å². The Bertz CT molecular complexity index is 1230. The normalized spacial score (nSPS) is 11.2. The summed E-state index contributed by atoms with van der Waals surface area (Å²) < 4.78 is 11.4. The van der Waals surface area contributed by atoms with Crippen molar-refractivity contribution in [3.05, 3.63) is 81.0 Å². The van der Waals surface area contributed by atoms with Gasteiger partial charge >= 0.3 is 0 Å². The van der Waals surface area contributed by atoms with Crippen molar-refractivity contribution >= 4 is 22.7 Å². The average Bonchev–Trinajstić information content (AvgIpc) is 3.19. The average molecular weight is 422 g/mol. The first-order valence-corrected chi connectivity index (χ1v) is 10.8. The Hall–Kier alpha value is -3.06. The second kappa shape index (κ2) is 8.75. The first kappa shape index (κ1) is 20.2. The van der Waals surface area contributed by atoms with Crippen LogP contribution in [0.3, 0.4) is 0 Å². The zero-order valence-electron chi connectivity index (χ0n) is 17.2. The van der Waals surface area contributed by atoms with Gasteiger partial charge in [0.05, 0.1) is 5.52 Å². The highest BCUT2D eigenvalue weighted by Gasteiger charge is 2.11. The molecule has 0 spiro atoms. The van der Waals surface area contributed by atoms with Crippen LogP contribution in [0.1, 0.15) is 35.1 Å². The van der Waals surface area contributed by atoms with E-state index in [0.29, 0.717) is 16.9 Å². The Labute approximate surface area is 178 Å². The summed E-state index contributed by atoms with van der Waals surface area (Å²) in [6.07, 6.45) is 0.992. The van der Waals surface area contributed by atoms with E-state index in [1.165, 1.54) is 17.3 Å². The molecular weight excluding hydrogens is 398 g/mol. The molecule has 0 saturated heterocycles. The van der Waals surface area contributed by atoms with Crippen LogP contribution in [0.15, 0.2) is 56.9 Å². The van der Waals surface area contributed by atoms with Crippen molar-refractivity contribution in [2.75, 3.05) is 0 Å². The van der Waals surface area contributed by atoms with E-state index in [1.807, 2.05) is 31.2 Å². The number of nitrogens with one attached hydrogen (secondary N) is 1. The van der Waals surface area contributed by atoms with Crippen LogP contribution >= 0.6 is 11.8 Å². The number of ether oxygens (including phenoxy) is 1. The van der Waals surface area contributed by atoms with Gasteiger partial charge in [-0.25, -0.2) is 0 Å². The summed E-state index contributed by atoms with van der Waals surface area (Å²) in [4.78, 5) is 15.0. The molecule has 2 aromatic carbocycles. The zero-order chi connectivity index (χ0) is 21.1. The van der Waals surface area contributed by atoms with Gasteiger partial charge in [-0.05, 0) is 55.2 Å². The molecule has 0 saturated carbocycles. The largest absolute Gasteiger partial charge is 0.484 e. The Morgan fingerprint density at radius 1 is 1.10 bits per heavy atom. The molecule has 0 radical (unpaired) electrons. The lowest BCUT2D eigenvalue weighted by molar-refractivity contribution is 0.252. The molecule has 0 aliphatic rings. The van der Waals surface area contributed by atoms with Gasteiger partial charge in [-0.1, -0.05) is 42.4 Å². The number of hydrogen-bond acceptors (Lipinski definition) is 6. The quantitative estimate of drug-likeness (QED) is 0.425. The molecule has 2 aromatic heterocycles. The van der Waals surface area contributed by atoms with Crippen molar-refractivity contribution in [3.8, 4) is 5.75 Å². The number of benzene rings is 2. The van der Waals surface area contributed by atoms with Crippen LogP contribution in [0, 0.1) is 13.8 Å². The molecule has 0 aliphatic carbocycles. The van der Waals surface area contributed by atoms with Gasteiger partial charge in [0.1, 0.15) is 5.75 Å². The summed E-state index contributed by atoms with van der Waals surface area (Å²) in [7, 11) is 0. The van der Waals surface area contributed by atoms with Crippen LogP contribution in [0.5, 0.6) is 5.75 Å². The fourth-order valence-corrected chi connectivity index (χ4v) is 4.13. The molecule has 0 atom stereocenters. The fraction of sp³-hybridized carbons (Fsp3) is 0.261. The number of aromatic nitrogens is 3. The molecular formula is C23H23N3O3S. The Morgan fingerprint density at radius 2 is 1.90 bits per heavy atom. The highest BCUT2D eigenvalue weighted by molar-refractivity contribution is 7.98. The second-order valence-electron chi connectivity index (χ2n) is 7.20. The highest BCUT2D eigenvalue weighted by Crippen LogP contribution is 2.27. The molecule has 0 amide bonds. The highest BCUT2D eigenvalue weighted by atomic mass is 32.2. The molecule has 0 fully saturated rings. The predicted molar refractivity (Wildman–Crippen MR) is 118 cm³/mol. The van der Waals surface area contributed by atoms with E-state index in [4.69, 9.17) is 9.15 Å². The molecule has 0 bridgehead atoms. The molecule has 1 N–H and O–H groups in total. The zero-order valence-corrected chi connectivity index (χ0v) is 18.0. The summed E-state index contributed by atoms with van der Waals surface area (Å²) in [6.45, 7) is 6.38. The topological polar surface area (TPSA) is 81.0 Å². The lowest BCUT2D eigenvalue weighted by atomic mass is 10.0. The summed E-state index contributed by atoms with van der Waals surface area (Å²) in [5.41, 5.74) is 5.17. The maximum atomic E-state index is 12.1. The first-order chi connectivity index (χ1) is 14.5. The molecule has 7 heteroatoms.